The molecule has 0 aliphatic rings. The summed E-state index contributed by atoms with van der Waals surface area (Å²) in [6.45, 7) is 5.58. The summed E-state index contributed by atoms with van der Waals surface area (Å²) >= 11 is 13.3. The molecule has 6 nitrogen and oxygen atoms in total. The Morgan fingerprint density at radius 2 is 1.75 bits per heavy atom. The number of esters is 2. The van der Waals surface area contributed by atoms with Crippen molar-refractivity contribution >= 4 is 83.2 Å². The van der Waals surface area contributed by atoms with E-state index >= 15 is 0 Å². The Morgan fingerprint density at radius 1 is 1.11 bits per heavy atom. The highest BCUT2D eigenvalue weighted by Gasteiger charge is 2.26. The van der Waals surface area contributed by atoms with Gasteiger partial charge < -0.3 is 20.1 Å². The zero-order chi connectivity index (χ0) is 20.8. The van der Waals surface area contributed by atoms with Gasteiger partial charge in [-0.1, -0.05) is 15.9 Å². The molecule has 28 heavy (non-hydrogen) atoms. The van der Waals surface area contributed by atoms with Crippen LogP contribution in [0.5, 0.6) is 0 Å². The standard InChI is InChI=1S/C18H18Br2N2O4S2/c1-4-25-16(23)13-9(3)14(17(24)26-5-2)28-15(13)22-18(27)21-12-7-6-10(19)8-11(12)20/h6-8H,4-5H2,1-3H3,(H2,21,22,27). The summed E-state index contributed by atoms with van der Waals surface area (Å²) in [5.74, 6) is -1.01. The van der Waals surface area contributed by atoms with Crippen LogP contribution < -0.4 is 10.6 Å². The third-order valence-electron chi connectivity index (χ3n) is 3.49. The van der Waals surface area contributed by atoms with Gasteiger partial charge in [0.1, 0.15) is 9.88 Å². The number of carbonyl (C=O) groups excluding carboxylic acids is 2. The molecule has 0 aliphatic heterocycles. The number of benzene rings is 1. The van der Waals surface area contributed by atoms with Crippen LogP contribution in [-0.2, 0) is 9.47 Å². The summed E-state index contributed by atoms with van der Waals surface area (Å²) in [7, 11) is 0. The summed E-state index contributed by atoms with van der Waals surface area (Å²) in [6.07, 6.45) is 0. The molecule has 0 aliphatic carbocycles. The molecule has 0 atom stereocenters. The van der Waals surface area contributed by atoms with Gasteiger partial charge in [0, 0.05) is 8.95 Å². The topological polar surface area (TPSA) is 76.7 Å². The van der Waals surface area contributed by atoms with Crippen LogP contribution in [-0.4, -0.2) is 30.3 Å². The van der Waals surface area contributed by atoms with Crippen molar-refractivity contribution in [1.82, 2.24) is 0 Å². The number of carbonyl (C=O) groups is 2. The molecule has 2 N–H and O–H groups in total. The molecule has 0 bridgehead atoms. The lowest BCUT2D eigenvalue weighted by Gasteiger charge is -2.12. The van der Waals surface area contributed by atoms with E-state index in [1.165, 1.54) is 0 Å². The van der Waals surface area contributed by atoms with Crippen LogP contribution in [0.3, 0.4) is 0 Å². The molecule has 1 aromatic heterocycles. The van der Waals surface area contributed by atoms with Crippen molar-refractivity contribution < 1.29 is 19.1 Å². The first-order valence-corrected chi connectivity index (χ1v) is 11.1. The van der Waals surface area contributed by atoms with E-state index in [9.17, 15) is 9.59 Å². The first-order chi connectivity index (χ1) is 13.3. The number of hydrogen-bond donors (Lipinski definition) is 2. The Labute approximate surface area is 189 Å². The van der Waals surface area contributed by atoms with Crippen molar-refractivity contribution in [2.75, 3.05) is 23.8 Å². The van der Waals surface area contributed by atoms with Crippen LogP contribution in [0, 0.1) is 6.92 Å². The largest absolute Gasteiger partial charge is 0.462 e. The third kappa shape index (κ3) is 5.53. The maximum atomic E-state index is 12.4. The van der Waals surface area contributed by atoms with E-state index in [4.69, 9.17) is 21.7 Å². The van der Waals surface area contributed by atoms with Gasteiger partial charge in [0.2, 0.25) is 0 Å². The Morgan fingerprint density at radius 3 is 2.36 bits per heavy atom. The average Bonchev–Trinajstić information content (AvgIpc) is 2.94. The second-order valence-electron chi connectivity index (χ2n) is 5.40. The number of rotatable bonds is 6. The van der Waals surface area contributed by atoms with Gasteiger partial charge in [-0.3, -0.25) is 0 Å². The minimum Gasteiger partial charge on any atom is -0.462 e. The fraction of sp³-hybridized carbons (Fsp3) is 0.278. The highest BCUT2D eigenvalue weighted by atomic mass is 79.9. The fourth-order valence-corrected chi connectivity index (χ4v) is 4.81. The third-order valence-corrected chi connectivity index (χ3v) is 6.03. The molecule has 2 aromatic rings. The minimum atomic E-state index is -0.526. The molecule has 150 valence electrons. The summed E-state index contributed by atoms with van der Waals surface area (Å²) in [5.41, 5.74) is 1.52. The van der Waals surface area contributed by atoms with Crippen molar-refractivity contribution in [2.45, 2.75) is 20.8 Å². The van der Waals surface area contributed by atoms with Gasteiger partial charge in [-0.2, -0.15) is 0 Å². The van der Waals surface area contributed by atoms with Crippen LogP contribution in [0.25, 0.3) is 0 Å². The van der Waals surface area contributed by atoms with E-state index in [-0.39, 0.29) is 23.9 Å². The van der Waals surface area contributed by atoms with Crippen molar-refractivity contribution in [3.05, 3.63) is 43.1 Å². The van der Waals surface area contributed by atoms with Gasteiger partial charge in [0.05, 0.1) is 24.5 Å². The Bertz CT molecular complexity index is 915. The van der Waals surface area contributed by atoms with E-state index in [0.717, 1.165) is 26.0 Å². The van der Waals surface area contributed by atoms with Gasteiger partial charge in [-0.05, 0) is 72.7 Å². The summed E-state index contributed by atoms with van der Waals surface area (Å²) in [4.78, 5) is 25.0. The maximum absolute atomic E-state index is 12.4. The van der Waals surface area contributed by atoms with Gasteiger partial charge >= 0.3 is 11.9 Å². The predicted molar refractivity (Wildman–Crippen MR) is 123 cm³/mol. The monoisotopic (exact) mass is 548 g/mol. The zero-order valence-corrected chi connectivity index (χ0v) is 20.2. The summed E-state index contributed by atoms with van der Waals surface area (Å²) in [5, 5.41) is 6.74. The highest BCUT2D eigenvalue weighted by Crippen LogP contribution is 2.35. The van der Waals surface area contributed by atoms with Crippen molar-refractivity contribution in [3.8, 4) is 0 Å². The van der Waals surface area contributed by atoms with Gasteiger partial charge in [-0.25, -0.2) is 9.59 Å². The molecule has 0 saturated heterocycles. The zero-order valence-electron chi connectivity index (χ0n) is 15.4. The first kappa shape index (κ1) is 22.8. The van der Waals surface area contributed by atoms with Crippen LogP contribution in [0.1, 0.15) is 39.4 Å². The summed E-state index contributed by atoms with van der Waals surface area (Å²) < 4.78 is 11.9. The van der Waals surface area contributed by atoms with Gasteiger partial charge in [0.25, 0.3) is 0 Å². The van der Waals surface area contributed by atoms with Gasteiger partial charge in [-0.15, -0.1) is 11.3 Å². The SMILES string of the molecule is CCOC(=O)c1sc(NC(=S)Nc2ccc(Br)cc2Br)c(C(=O)OCC)c1C. The Balaban J connectivity index is 2.31. The van der Waals surface area contributed by atoms with E-state index in [1.807, 2.05) is 18.2 Å². The molecule has 10 heteroatoms. The lowest BCUT2D eigenvalue weighted by atomic mass is 10.1. The summed E-state index contributed by atoms with van der Waals surface area (Å²) in [6, 6.07) is 5.59. The van der Waals surface area contributed by atoms with Crippen LogP contribution >= 0.6 is 55.4 Å². The second-order valence-corrected chi connectivity index (χ2v) is 8.60. The van der Waals surface area contributed by atoms with Gasteiger partial charge in [0.15, 0.2) is 5.11 Å². The molecular formula is C18H18Br2N2O4S2. The number of thiophene rings is 1. The molecule has 0 saturated carbocycles. The number of ether oxygens (including phenoxy) is 2. The lowest BCUT2D eigenvalue weighted by molar-refractivity contribution is 0.0527. The highest BCUT2D eigenvalue weighted by molar-refractivity contribution is 9.11. The Kier molecular flexibility index (Phi) is 8.41. The molecule has 2 rings (SSSR count). The van der Waals surface area contributed by atoms with E-state index in [1.54, 1.807) is 20.8 Å². The fourth-order valence-electron chi connectivity index (χ4n) is 2.29. The molecule has 0 fully saturated rings. The number of hydrogen-bond acceptors (Lipinski definition) is 6. The smallest absolute Gasteiger partial charge is 0.348 e. The number of halogens is 2. The van der Waals surface area contributed by atoms with Crippen LogP contribution in [0.15, 0.2) is 27.1 Å². The van der Waals surface area contributed by atoms with E-state index < -0.39 is 11.9 Å². The number of thiocarbonyl (C=S) groups is 1. The van der Waals surface area contributed by atoms with Crippen LogP contribution in [0.4, 0.5) is 10.7 Å². The number of anilines is 2. The maximum Gasteiger partial charge on any atom is 0.348 e. The first-order valence-electron chi connectivity index (χ1n) is 8.29. The molecular weight excluding hydrogens is 532 g/mol. The quantitative estimate of drug-likeness (QED) is 0.351. The van der Waals surface area contributed by atoms with Crippen molar-refractivity contribution in [1.29, 1.82) is 0 Å². The predicted octanol–water partition coefficient (Wildman–Crippen LogP) is 5.74. The minimum absolute atomic E-state index is 0.219. The van der Waals surface area contributed by atoms with Crippen LogP contribution in [0.2, 0.25) is 0 Å². The lowest BCUT2D eigenvalue weighted by Crippen LogP contribution is -2.20. The van der Waals surface area contributed by atoms with E-state index in [0.29, 0.717) is 15.4 Å². The second kappa shape index (κ2) is 10.3. The Hall–Kier alpha value is -1.49. The molecule has 0 amide bonds. The van der Waals surface area contributed by atoms with E-state index in [2.05, 4.69) is 42.5 Å². The molecule has 0 unspecified atom stereocenters. The van der Waals surface area contributed by atoms with Crippen molar-refractivity contribution in [3.63, 3.8) is 0 Å². The average molecular weight is 550 g/mol. The molecule has 0 spiro atoms. The normalized spacial score (nSPS) is 10.3. The molecule has 1 heterocycles. The van der Waals surface area contributed by atoms with Crippen molar-refractivity contribution in [2.24, 2.45) is 0 Å². The number of nitrogens with one attached hydrogen (secondary N) is 2. The molecule has 0 radical (unpaired) electrons. The molecule has 1 aromatic carbocycles.